The highest BCUT2D eigenvalue weighted by atomic mass is 19.1. The second-order valence-corrected chi connectivity index (χ2v) is 4.81. The van der Waals surface area contributed by atoms with Gasteiger partial charge in [0.25, 0.3) is 5.91 Å². The minimum atomic E-state index is -0.507. The predicted molar refractivity (Wildman–Crippen MR) is 80.6 cm³/mol. The molecule has 1 aromatic heterocycles. The van der Waals surface area contributed by atoms with Crippen LogP contribution >= 0.6 is 0 Å². The highest BCUT2D eigenvalue weighted by molar-refractivity contribution is 6.08. The molecule has 0 aliphatic heterocycles. The van der Waals surface area contributed by atoms with Crippen molar-refractivity contribution in [2.45, 2.75) is 20.8 Å². The fourth-order valence-corrected chi connectivity index (χ4v) is 2.26. The number of aromatic amines is 1. The maximum atomic E-state index is 13.2. The fourth-order valence-electron chi connectivity index (χ4n) is 2.26. The van der Waals surface area contributed by atoms with Crippen molar-refractivity contribution in [1.29, 1.82) is 0 Å². The third-order valence-electron chi connectivity index (χ3n) is 3.23. The number of hydrogen-bond acceptors (Lipinski definition) is 3. The van der Waals surface area contributed by atoms with E-state index in [1.165, 1.54) is 18.2 Å². The first-order valence-corrected chi connectivity index (χ1v) is 6.87. The van der Waals surface area contributed by atoms with Crippen LogP contribution in [-0.4, -0.2) is 23.5 Å². The molecule has 0 bridgehead atoms. The van der Waals surface area contributed by atoms with Gasteiger partial charge in [-0.3, -0.25) is 4.79 Å². The van der Waals surface area contributed by atoms with Gasteiger partial charge in [0.1, 0.15) is 11.5 Å². The lowest BCUT2D eigenvalue weighted by Gasteiger charge is -2.06. The van der Waals surface area contributed by atoms with Gasteiger partial charge >= 0.3 is 5.97 Å². The smallest absolute Gasteiger partial charge is 0.355 e. The van der Waals surface area contributed by atoms with E-state index >= 15 is 0 Å². The van der Waals surface area contributed by atoms with Gasteiger partial charge in [-0.15, -0.1) is 0 Å². The largest absolute Gasteiger partial charge is 0.461 e. The van der Waals surface area contributed by atoms with Crippen molar-refractivity contribution >= 4 is 17.6 Å². The zero-order valence-electron chi connectivity index (χ0n) is 12.6. The Bertz CT molecular complexity index is 722. The first-order valence-electron chi connectivity index (χ1n) is 6.87. The number of carbonyl (C=O) groups excluding carboxylic acids is 2. The Labute approximate surface area is 127 Å². The minimum absolute atomic E-state index is 0.251. The van der Waals surface area contributed by atoms with E-state index in [1.807, 2.05) is 0 Å². The molecule has 2 aromatic rings. The van der Waals surface area contributed by atoms with Crippen LogP contribution in [0, 0.1) is 19.7 Å². The summed E-state index contributed by atoms with van der Waals surface area (Å²) < 4.78 is 18.1. The number of amides is 1. The molecule has 22 heavy (non-hydrogen) atoms. The summed E-state index contributed by atoms with van der Waals surface area (Å²) in [5.41, 5.74) is 2.01. The van der Waals surface area contributed by atoms with Crippen molar-refractivity contribution in [2.75, 3.05) is 11.9 Å². The SMILES string of the molecule is CCOC(=O)c1[nH]c(C)c(C(=O)Nc2cccc(F)c2)c1C. The van der Waals surface area contributed by atoms with Gasteiger partial charge in [0.05, 0.1) is 12.2 Å². The Hall–Kier alpha value is -2.63. The van der Waals surface area contributed by atoms with Crippen molar-refractivity contribution in [3.8, 4) is 0 Å². The first-order chi connectivity index (χ1) is 10.4. The average Bonchev–Trinajstić information content (AvgIpc) is 2.74. The molecule has 0 saturated heterocycles. The van der Waals surface area contributed by atoms with Gasteiger partial charge in [-0.2, -0.15) is 0 Å². The molecule has 6 heteroatoms. The predicted octanol–water partition coefficient (Wildman–Crippen LogP) is 3.20. The lowest BCUT2D eigenvalue weighted by atomic mass is 10.1. The fraction of sp³-hybridized carbons (Fsp3) is 0.250. The van der Waals surface area contributed by atoms with Crippen molar-refractivity contribution in [3.63, 3.8) is 0 Å². The maximum Gasteiger partial charge on any atom is 0.355 e. The van der Waals surface area contributed by atoms with Gasteiger partial charge in [0, 0.05) is 11.4 Å². The summed E-state index contributed by atoms with van der Waals surface area (Å²) in [5.74, 6) is -1.35. The highest BCUT2D eigenvalue weighted by Gasteiger charge is 2.22. The summed E-state index contributed by atoms with van der Waals surface area (Å²) in [5, 5.41) is 2.61. The van der Waals surface area contributed by atoms with Crippen LogP contribution < -0.4 is 5.32 Å². The van der Waals surface area contributed by atoms with E-state index in [4.69, 9.17) is 4.74 Å². The van der Waals surface area contributed by atoms with Crippen LogP contribution in [0.4, 0.5) is 10.1 Å². The zero-order valence-corrected chi connectivity index (χ0v) is 12.6. The van der Waals surface area contributed by atoms with E-state index in [-0.39, 0.29) is 12.3 Å². The lowest BCUT2D eigenvalue weighted by Crippen LogP contribution is -2.14. The molecule has 0 spiro atoms. The number of H-pyrrole nitrogens is 1. The summed E-state index contributed by atoms with van der Waals surface area (Å²) in [6, 6.07) is 5.61. The van der Waals surface area contributed by atoms with Gasteiger partial charge in [-0.05, 0) is 44.5 Å². The van der Waals surface area contributed by atoms with E-state index in [1.54, 1.807) is 26.8 Å². The van der Waals surface area contributed by atoms with Gasteiger partial charge in [-0.1, -0.05) is 6.07 Å². The van der Waals surface area contributed by atoms with Gasteiger partial charge < -0.3 is 15.0 Å². The van der Waals surface area contributed by atoms with Crippen LogP contribution in [0.15, 0.2) is 24.3 Å². The van der Waals surface area contributed by atoms with Crippen molar-refractivity contribution in [1.82, 2.24) is 4.98 Å². The third-order valence-corrected chi connectivity index (χ3v) is 3.23. The summed E-state index contributed by atoms with van der Waals surface area (Å²) in [4.78, 5) is 27.0. The molecule has 1 heterocycles. The maximum absolute atomic E-state index is 13.2. The molecule has 116 valence electrons. The van der Waals surface area contributed by atoms with Crippen LogP contribution in [0.1, 0.15) is 39.0 Å². The summed E-state index contributed by atoms with van der Waals surface area (Å²) in [6.45, 7) is 5.31. The van der Waals surface area contributed by atoms with Crippen LogP contribution in [0.3, 0.4) is 0 Å². The van der Waals surface area contributed by atoms with Gasteiger partial charge in [0.15, 0.2) is 0 Å². The zero-order chi connectivity index (χ0) is 16.3. The van der Waals surface area contributed by atoms with E-state index in [9.17, 15) is 14.0 Å². The number of carbonyl (C=O) groups is 2. The van der Waals surface area contributed by atoms with E-state index < -0.39 is 17.7 Å². The van der Waals surface area contributed by atoms with Crippen LogP contribution in [-0.2, 0) is 4.74 Å². The van der Waals surface area contributed by atoms with E-state index in [2.05, 4.69) is 10.3 Å². The molecule has 2 rings (SSSR count). The minimum Gasteiger partial charge on any atom is -0.461 e. The quantitative estimate of drug-likeness (QED) is 0.852. The van der Waals surface area contributed by atoms with Crippen molar-refractivity contribution < 1.29 is 18.7 Å². The standard InChI is InChI=1S/C16H17FN2O3/c1-4-22-16(21)14-9(2)13(10(3)18-14)15(20)19-12-7-5-6-11(17)8-12/h5-8,18H,4H2,1-3H3,(H,19,20). The Kier molecular flexibility index (Phi) is 4.60. The lowest BCUT2D eigenvalue weighted by molar-refractivity contribution is 0.0519. The molecular formula is C16H17FN2O3. The number of rotatable bonds is 4. The monoisotopic (exact) mass is 304 g/mol. The molecule has 1 aromatic carbocycles. The molecular weight excluding hydrogens is 287 g/mol. The molecule has 0 aliphatic rings. The molecule has 0 fully saturated rings. The molecule has 0 unspecified atom stereocenters. The van der Waals surface area contributed by atoms with Crippen LogP contribution in [0.2, 0.25) is 0 Å². The van der Waals surface area contributed by atoms with Crippen LogP contribution in [0.5, 0.6) is 0 Å². The van der Waals surface area contributed by atoms with Crippen LogP contribution in [0.25, 0.3) is 0 Å². The molecule has 0 aliphatic carbocycles. The number of anilines is 1. The molecule has 0 atom stereocenters. The number of halogens is 1. The Morgan fingerprint density at radius 1 is 1.32 bits per heavy atom. The first kappa shape index (κ1) is 15.8. The number of esters is 1. The number of ether oxygens (including phenoxy) is 1. The third kappa shape index (κ3) is 3.16. The molecule has 5 nitrogen and oxygen atoms in total. The Morgan fingerprint density at radius 2 is 2.05 bits per heavy atom. The summed E-state index contributed by atoms with van der Waals surface area (Å²) in [7, 11) is 0. The van der Waals surface area contributed by atoms with Crippen molar-refractivity contribution in [2.24, 2.45) is 0 Å². The number of aryl methyl sites for hydroxylation is 1. The van der Waals surface area contributed by atoms with Crippen molar-refractivity contribution in [3.05, 3.63) is 52.6 Å². The Balaban J connectivity index is 2.28. The molecule has 2 N–H and O–H groups in total. The number of nitrogens with one attached hydrogen (secondary N) is 2. The summed E-state index contributed by atoms with van der Waals surface area (Å²) >= 11 is 0. The second-order valence-electron chi connectivity index (χ2n) is 4.81. The number of hydrogen-bond donors (Lipinski definition) is 2. The number of aromatic nitrogens is 1. The van der Waals surface area contributed by atoms with E-state index in [0.717, 1.165) is 0 Å². The topological polar surface area (TPSA) is 71.2 Å². The normalized spacial score (nSPS) is 10.4. The highest BCUT2D eigenvalue weighted by Crippen LogP contribution is 2.20. The molecule has 1 amide bonds. The number of benzene rings is 1. The molecule has 0 saturated carbocycles. The average molecular weight is 304 g/mol. The second kappa shape index (κ2) is 6.43. The molecule has 0 radical (unpaired) electrons. The van der Waals surface area contributed by atoms with Gasteiger partial charge in [0.2, 0.25) is 0 Å². The van der Waals surface area contributed by atoms with E-state index in [0.29, 0.717) is 22.5 Å². The Morgan fingerprint density at radius 3 is 2.68 bits per heavy atom. The summed E-state index contributed by atoms with van der Waals surface area (Å²) in [6.07, 6.45) is 0. The van der Waals surface area contributed by atoms with Gasteiger partial charge in [-0.25, -0.2) is 9.18 Å².